The third kappa shape index (κ3) is 1.57. The van der Waals surface area contributed by atoms with Crippen molar-refractivity contribution in [2.75, 3.05) is 0 Å². The van der Waals surface area contributed by atoms with Crippen LogP contribution in [0.5, 0.6) is 0 Å². The fraction of sp³-hybridized carbons (Fsp3) is 0.538. The lowest BCUT2D eigenvalue weighted by atomic mass is 9.96. The second-order valence-corrected chi connectivity index (χ2v) is 4.32. The number of rotatable bonds is 2. The number of ether oxygens (including phenoxy) is 1. The highest BCUT2D eigenvalue weighted by molar-refractivity contribution is 5.36. The molecule has 0 amide bonds. The maximum atomic E-state index is 5.71. The van der Waals surface area contributed by atoms with Crippen molar-refractivity contribution in [3.8, 4) is 0 Å². The topological polar surface area (TPSA) is 9.23 Å². The summed E-state index contributed by atoms with van der Waals surface area (Å²) in [4.78, 5) is 0. The summed E-state index contributed by atoms with van der Waals surface area (Å²) < 4.78 is 5.71. The maximum absolute atomic E-state index is 5.71. The van der Waals surface area contributed by atoms with Crippen LogP contribution in [0.1, 0.15) is 55.9 Å². The molecule has 1 aliphatic heterocycles. The van der Waals surface area contributed by atoms with E-state index in [1.807, 2.05) is 0 Å². The second-order valence-electron chi connectivity index (χ2n) is 4.32. The SMILES string of the molecule is CCC1OCc2cc(C(C)C)ccc21. The van der Waals surface area contributed by atoms with Gasteiger partial charge in [0.1, 0.15) is 0 Å². The van der Waals surface area contributed by atoms with Gasteiger partial charge in [0.05, 0.1) is 12.7 Å². The summed E-state index contributed by atoms with van der Waals surface area (Å²) >= 11 is 0. The first-order valence-electron chi connectivity index (χ1n) is 5.46. The van der Waals surface area contributed by atoms with Gasteiger partial charge in [-0.1, -0.05) is 39.0 Å². The van der Waals surface area contributed by atoms with E-state index in [0.29, 0.717) is 12.0 Å². The Morgan fingerprint density at radius 3 is 2.86 bits per heavy atom. The van der Waals surface area contributed by atoms with E-state index in [1.54, 1.807) is 0 Å². The molecule has 0 N–H and O–H groups in total. The Balaban J connectivity index is 2.34. The van der Waals surface area contributed by atoms with Crippen LogP contribution in [0.2, 0.25) is 0 Å². The lowest BCUT2D eigenvalue weighted by Crippen LogP contribution is -1.94. The van der Waals surface area contributed by atoms with Crippen LogP contribution in [0, 0.1) is 0 Å². The monoisotopic (exact) mass is 190 g/mol. The van der Waals surface area contributed by atoms with Gasteiger partial charge in [-0.25, -0.2) is 0 Å². The minimum Gasteiger partial charge on any atom is -0.369 e. The fourth-order valence-electron chi connectivity index (χ4n) is 2.04. The van der Waals surface area contributed by atoms with E-state index in [2.05, 4.69) is 39.0 Å². The average Bonchev–Trinajstić information content (AvgIpc) is 2.59. The summed E-state index contributed by atoms with van der Waals surface area (Å²) in [5.74, 6) is 0.612. The lowest BCUT2D eigenvalue weighted by molar-refractivity contribution is 0.0636. The van der Waals surface area contributed by atoms with Gasteiger partial charge in [-0.3, -0.25) is 0 Å². The zero-order valence-electron chi connectivity index (χ0n) is 9.21. The van der Waals surface area contributed by atoms with Crippen LogP contribution in [0.3, 0.4) is 0 Å². The first-order valence-corrected chi connectivity index (χ1v) is 5.46. The highest BCUT2D eigenvalue weighted by Crippen LogP contribution is 2.34. The smallest absolute Gasteiger partial charge is 0.0830 e. The molecular weight excluding hydrogens is 172 g/mol. The second kappa shape index (κ2) is 3.74. The molecule has 0 spiro atoms. The van der Waals surface area contributed by atoms with Gasteiger partial charge < -0.3 is 4.74 Å². The van der Waals surface area contributed by atoms with Crippen LogP contribution >= 0.6 is 0 Å². The molecule has 1 nitrogen and oxygen atoms in total. The summed E-state index contributed by atoms with van der Waals surface area (Å²) in [6, 6.07) is 6.78. The van der Waals surface area contributed by atoms with Gasteiger partial charge in [0.25, 0.3) is 0 Å². The standard InChI is InChI=1S/C13H18O/c1-4-13-12-6-5-10(9(2)3)7-11(12)8-14-13/h5-7,9,13H,4,8H2,1-3H3. The number of hydrogen-bond donors (Lipinski definition) is 0. The Morgan fingerprint density at radius 2 is 2.21 bits per heavy atom. The van der Waals surface area contributed by atoms with Gasteiger partial charge in [0, 0.05) is 0 Å². The summed E-state index contributed by atoms with van der Waals surface area (Å²) in [5.41, 5.74) is 4.21. The van der Waals surface area contributed by atoms with E-state index < -0.39 is 0 Å². The number of fused-ring (bicyclic) bond motifs is 1. The minimum atomic E-state index is 0.339. The molecule has 1 aliphatic rings. The van der Waals surface area contributed by atoms with Crippen molar-refractivity contribution in [2.24, 2.45) is 0 Å². The summed E-state index contributed by atoms with van der Waals surface area (Å²) in [6.45, 7) is 7.44. The van der Waals surface area contributed by atoms with Crippen LogP contribution < -0.4 is 0 Å². The van der Waals surface area contributed by atoms with Crippen molar-refractivity contribution in [3.05, 3.63) is 34.9 Å². The maximum Gasteiger partial charge on any atom is 0.0830 e. The van der Waals surface area contributed by atoms with Gasteiger partial charge in [-0.05, 0) is 29.0 Å². The number of hydrogen-bond acceptors (Lipinski definition) is 1. The van der Waals surface area contributed by atoms with Crippen molar-refractivity contribution in [3.63, 3.8) is 0 Å². The molecule has 76 valence electrons. The molecule has 1 aromatic rings. The van der Waals surface area contributed by atoms with Gasteiger partial charge in [-0.15, -0.1) is 0 Å². The Labute approximate surface area is 86.1 Å². The van der Waals surface area contributed by atoms with Crippen molar-refractivity contribution >= 4 is 0 Å². The largest absolute Gasteiger partial charge is 0.369 e. The molecule has 0 saturated heterocycles. The summed E-state index contributed by atoms with van der Waals surface area (Å²) in [6.07, 6.45) is 1.42. The van der Waals surface area contributed by atoms with Gasteiger partial charge in [-0.2, -0.15) is 0 Å². The van der Waals surface area contributed by atoms with Crippen LogP contribution in [0.4, 0.5) is 0 Å². The van der Waals surface area contributed by atoms with E-state index in [1.165, 1.54) is 16.7 Å². The Kier molecular flexibility index (Phi) is 2.60. The Bertz CT molecular complexity index is 328. The summed E-state index contributed by atoms with van der Waals surface area (Å²) in [5, 5.41) is 0. The molecule has 1 heteroatoms. The van der Waals surface area contributed by atoms with Crippen molar-refractivity contribution < 1.29 is 4.74 Å². The van der Waals surface area contributed by atoms with Crippen LogP contribution in [-0.4, -0.2) is 0 Å². The zero-order valence-corrected chi connectivity index (χ0v) is 9.21. The first kappa shape index (κ1) is 9.72. The third-order valence-corrected chi connectivity index (χ3v) is 2.99. The molecule has 1 heterocycles. The molecule has 0 saturated carbocycles. The molecule has 1 atom stereocenters. The van der Waals surface area contributed by atoms with E-state index in [-0.39, 0.29) is 0 Å². The third-order valence-electron chi connectivity index (χ3n) is 2.99. The normalized spacial score (nSPS) is 20.1. The van der Waals surface area contributed by atoms with E-state index in [9.17, 15) is 0 Å². The van der Waals surface area contributed by atoms with Crippen molar-refractivity contribution in [2.45, 2.75) is 45.8 Å². The highest BCUT2D eigenvalue weighted by Gasteiger charge is 2.21. The van der Waals surface area contributed by atoms with E-state index in [0.717, 1.165) is 13.0 Å². The quantitative estimate of drug-likeness (QED) is 0.689. The molecular formula is C13H18O. The first-order chi connectivity index (χ1) is 6.72. The number of benzene rings is 1. The molecule has 0 fully saturated rings. The molecule has 0 bridgehead atoms. The highest BCUT2D eigenvalue weighted by atomic mass is 16.5. The molecule has 1 aromatic carbocycles. The van der Waals surface area contributed by atoms with Gasteiger partial charge in [0.15, 0.2) is 0 Å². The predicted octanol–water partition coefficient (Wildman–Crippen LogP) is 3.79. The van der Waals surface area contributed by atoms with Crippen molar-refractivity contribution in [1.82, 2.24) is 0 Å². The van der Waals surface area contributed by atoms with Crippen LogP contribution in [0.25, 0.3) is 0 Å². The fourth-order valence-corrected chi connectivity index (χ4v) is 2.04. The van der Waals surface area contributed by atoms with E-state index in [4.69, 9.17) is 4.74 Å². The minimum absolute atomic E-state index is 0.339. The van der Waals surface area contributed by atoms with Crippen LogP contribution in [0.15, 0.2) is 18.2 Å². The predicted molar refractivity (Wildman–Crippen MR) is 58.4 cm³/mol. The Morgan fingerprint density at radius 1 is 1.43 bits per heavy atom. The van der Waals surface area contributed by atoms with Gasteiger partial charge >= 0.3 is 0 Å². The molecule has 14 heavy (non-hydrogen) atoms. The van der Waals surface area contributed by atoms with Crippen LogP contribution in [-0.2, 0) is 11.3 Å². The zero-order chi connectivity index (χ0) is 10.1. The summed E-state index contributed by atoms with van der Waals surface area (Å²) in [7, 11) is 0. The lowest BCUT2D eigenvalue weighted by Gasteiger charge is -2.09. The molecule has 0 radical (unpaired) electrons. The Hall–Kier alpha value is -0.820. The van der Waals surface area contributed by atoms with E-state index >= 15 is 0 Å². The van der Waals surface area contributed by atoms with Gasteiger partial charge in [0.2, 0.25) is 0 Å². The molecule has 2 rings (SSSR count). The average molecular weight is 190 g/mol. The molecule has 0 aromatic heterocycles. The molecule has 0 aliphatic carbocycles. The molecule has 1 unspecified atom stereocenters. The van der Waals surface area contributed by atoms with Crippen molar-refractivity contribution in [1.29, 1.82) is 0 Å².